The van der Waals surface area contributed by atoms with Gasteiger partial charge in [-0.1, -0.05) is 13.0 Å². The van der Waals surface area contributed by atoms with Crippen molar-refractivity contribution in [2.45, 2.75) is 20.0 Å². The van der Waals surface area contributed by atoms with Crippen LogP contribution in [0.2, 0.25) is 0 Å². The van der Waals surface area contributed by atoms with Crippen molar-refractivity contribution in [1.29, 1.82) is 0 Å². The molecule has 1 amide bonds. The number of amides is 1. The van der Waals surface area contributed by atoms with E-state index in [-0.39, 0.29) is 5.91 Å². The van der Waals surface area contributed by atoms with Crippen LogP contribution in [-0.4, -0.2) is 43.2 Å². The van der Waals surface area contributed by atoms with Crippen molar-refractivity contribution >= 4 is 23.3 Å². The van der Waals surface area contributed by atoms with E-state index in [1.807, 2.05) is 23.1 Å². The Morgan fingerprint density at radius 2 is 2.26 bits per heavy atom. The maximum Gasteiger partial charge on any atom is 0.308 e. The Bertz CT molecular complexity index is 629. The van der Waals surface area contributed by atoms with Crippen molar-refractivity contribution in [3.63, 3.8) is 0 Å². The molecule has 1 aliphatic rings. The second-order valence-electron chi connectivity index (χ2n) is 5.74. The van der Waals surface area contributed by atoms with E-state index < -0.39 is 18.0 Å². The first-order valence-electron chi connectivity index (χ1n) is 7.52. The van der Waals surface area contributed by atoms with Crippen LogP contribution in [0.1, 0.15) is 13.8 Å². The number of benzene rings is 1. The van der Waals surface area contributed by atoms with Gasteiger partial charge < -0.3 is 19.6 Å². The Balaban J connectivity index is 2.31. The zero-order valence-electron chi connectivity index (χ0n) is 13.7. The average molecular weight is 318 g/mol. The second kappa shape index (κ2) is 6.73. The predicted octanol–water partition coefficient (Wildman–Crippen LogP) is 2.14. The summed E-state index contributed by atoms with van der Waals surface area (Å²) in [6.07, 6.45) is 1.20. The highest BCUT2D eigenvalue weighted by Crippen LogP contribution is 2.36. The molecule has 2 unspecified atom stereocenters. The number of anilines is 2. The van der Waals surface area contributed by atoms with Gasteiger partial charge in [0.05, 0.1) is 11.6 Å². The lowest BCUT2D eigenvalue weighted by Crippen LogP contribution is -2.42. The van der Waals surface area contributed by atoms with Gasteiger partial charge >= 0.3 is 5.97 Å². The Kier molecular flexibility index (Phi) is 4.93. The monoisotopic (exact) mass is 318 g/mol. The van der Waals surface area contributed by atoms with Crippen LogP contribution in [-0.2, 0) is 9.59 Å². The molecule has 0 saturated heterocycles. The number of hydrogen-bond acceptors (Lipinski definition) is 4. The molecule has 6 nitrogen and oxygen atoms in total. The highest BCUT2D eigenvalue weighted by atomic mass is 16.5. The minimum atomic E-state index is -0.841. The minimum absolute atomic E-state index is 0.0901. The van der Waals surface area contributed by atoms with Crippen LogP contribution in [0, 0.1) is 5.92 Å². The van der Waals surface area contributed by atoms with E-state index >= 15 is 0 Å². The maximum atomic E-state index is 11.9. The summed E-state index contributed by atoms with van der Waals surface area (Å²) >= 11 is 0. The topological polar surface area (TPSA) is 70.1 Å². The molecule has 6 heteroatoms. The van der Waals surface area contributed by atoms with Gasteiger partial charge in [-0.25, -0.2) is 0 Å². The SMILES string of the molecule is C=CCN(CC(C)C(=O)O)c1ccc2c(c1)OC(C)C(=O)N2C. The van der Waals surface area contributed by atoms with E-state index in [4.69, 9.17) is 9.84 Å². The molecule has 1 N–H and O–H groups in total. The molecule has 0 fully saturated rings. The summed E-state index contributed by atoms with van der Waals surface area (Å²) in [4.78, 5) is 26.5. The number of carbonyl (C=O) groups excluding carboxylic acids is 1. The Morgan fingerprint density at radius 1 is 1.57 bits per heavy atom. The van der Waals surface area contributed by atoms with Crippen molar-refractivity contribution < 1.29 is 19.4 Å². The molecular weight excluding hydrogens is 296 g/mol. The van der Waals surface area contributed by atoms with E-state index in [2.05, 4.69) is 6.58 Å². The summed E-state index contributed by atoms with van der Waals surface area (Å²) in [6.45, 7) is 8.00. The highest BCUT2D eigenvalue weighted by Gasteiger charge is 2.29. The zero-order valence-corrected chi connectivity index (χ0v) is 13.7. The van der Waals surface area contributed by atoms with Crippen molar-refractivity contribution in [1.82, 2.24) is 0 Å². The van der Waals surface area contributed by atoms with Gasteiger partial charge in [0.2, 0.25) is 0 Å². The fraction of sp³-hybridized carbons (Fsp3) is 0.412. The van der Waals surface area contributed by atoms with Gasteiger partial charge in [0.1, 0.15) is 5.75 Å². The molecule has 1 aromatic carbocycles. The van der Waals surface area contributed by atoms with Gasteiger partial charge in [-0.2, -0.15) is 0 Å². The lowest BCUT2D eigenvalue weighted by Gasteiger charge is -2.32. The first-order valence-corrected chi connectivity index (χ1v) is 7.52. The summed E-state index contributed by atoms with van der Waals surface area (Å²) in [5.74, 6) is -0.816. The first kappa shape index (κ1) is 16.9. The number of rotatable bonds is 6. The molecule has 2 atom stereocenters. The number of aliphatic carboxylic acids is 1. The molecular formula is C17H22N2O4. The van der Waals surface area contributed by atoms with Crippen LogP contribution in [0.5, 0.6) is 5.75 Å². The Hall–Kier alpha value is -2.50. The molecule has 1 aromatic rings. The number of nitrogens with zero attached hydrogens (tertiary/aromatic N) is 2. The van der Waals surface area contributed by atoms with E-state index in [0.717, 1.165) is 5.69 Å². The van der Waals surface area contributed by atoms with Crippen molar-refractivity contribution in [3.05, 3.63) is 30.9 Å². The van der Waals surface area contributed by atoms with Crippen LogP contribution >= 0.6 is 0 Å². The summed E-state index contributed by atoms with van der Waals surface area (Å²) < 4.78 is 5.68. The van der Waals surface area contributed by atoms with Gasteiger partial charge in [-0.05, 0) is 19.1 Å². The quantitative estimate of drug-likeness (QED) is 0.814. The molecule has 0 aliphatic carbocycles. The van der Waals surface area contributed by atoms with E-state index in [1.165, 1.54) is 0 Å². The fourth-order valence-electron chi connectivity index (χ4n) is 2.55. The fourth-order valence-corrected chi connectivity index (χ4v) is 2.55. The number of hydrogen-bond donors (Lipinski definition) is 1. The second-order valence-corrected chi connectivity index (χ2v) is 5.74. The normalized spacial score (nSPS) is 18.0. The lowest BCUT2D eigenvalue weighted by atomic mass is 10.1. The van der Waals surface area contributed by atoms with E-state index in [9.17, 15) is 9.59 Å². The van der Waals surface area contributed by atoms with Crippen LogP contribution in [0.25, 0.3) is 0 Å². The van der Waals surface area contributed by atoms with Crippen molar-refractivity contribution in [2.75, 3.05) is 29.9 Å². The number of carboxylic acids is 1. The third-order valence-electron chi connectivity index (χ3n) is 3.92. The molecule has 0 aromatic heterocycles. The number of carboxylic acid groups (broad SMARTS) is 1. The molecule has 1 aliphatic heterocycles. The molecule has 124 valence electrons. The summed E-state index contributed by atoms with van der Waals surface area (Å²) in [7, 11) is 1.72. The highest BCUT2D eigenvalue weighted by molar-refractivity contribution is 5.99. The molecule has 0 bridgehead atoms. The maximum absolute atomic E-state index is 11.9. The van der Waals surface area contributed by atoms with Crippen LogP contribution < -0.4 is 14.5 Å². The van der Waals surface area contributed by atoms with E-state index in [1.54, 1.807) is 31.9 Å². The largest absolute Gasteiger partial charge is 0.481 e. The van der Waals surface area contributed by atoms with Crippen LogP contribution in [0.15, 0.2) is 30.9 Å². The summed E-state index contributed by atoms with van der Waals surface area (Å²) in [5, 5.41) is 9.12. The molecule has 0 saturated carbocycles. The predicted molar refractivity (Wildman–Crippen MR) is 89.2 cm³/mol. The molecule has 2 rings (SSSR count). The smallest absolute Gasteiger partial charge is 0.308 e. The van der Waals surface area contributed by atoms with E-state index in [0.29, 0.717) is 24.5 Å². The number of fused-ring (bicyclic) bond motifs is 1. The first-order chi connectivity index (χ1) is 10.8. The number of ether oxygens (including phenoxy) is 1. The number of likely N-dealkylation sites (N-methyl/N-ethyl adjacent to an activating group) is 1. The Labute approximate surface area is 136 Å². The zero-order chi connectivity index (χ0) is 17.1. The average Bonchev–Trinajstić information content (AvgIpc) is 2.51. The van der Waals surface area contributed by atoms with Gasteiger partial charge in [-0.3, -0.25) is 9.59 Å². The van der Waals surface area contributed by atoms with Crippen LogP contribution in [0.3, 0.4) is 0 Å². The third-order valence-corrected chi connectivity index (χ3v) is 3.92. The minimum Gasteiger partial charge on any atom is -0.481 e. The molecule has 1 heterocycles. The standard InChI is InChI=1S/C17H22N2O4/c1-5-8-19(10-11(2)17(21)22)13-6-7-14-15(9-13)23-12(3)16(20)18(14)4/h5-7,9,11-12H,1,8,10H2,2-4H3,(H,21,22). The summed E-state index contributed by atoms with van der Waals surface area (Å²) in [6, 6.07) is 5.52. The van der Waals surface area contributed by atoms with Crippen molar-refractivity contribution in [2.24, 2.45) is 5.92 Å². The number of carbonyl (C=O) groups is 2. The molecule has 0 radical (unpaired) electrons. The molecule has 0 spiro atoms. The van der Waals surface area contributed by atoms with Gasteiger partial charge in [0.15, 0.2) is 6.10 Å². The third kappa shape index (κ3) is 3.47. The van der Waals surface area contributed by atoms with Crippen LogP contribution in [0.4, 0.5) is 11.4 Å². The lowest BCUT2D eigenvalue weighted by molar-refractivity contribution is -0.140. The van der Waals surface area contributed by atoms with Gasteiger partial charge in [0, 0.05) is 31.9 Å². The van der Waals surface area contributed by atoms with Gasteiger partial charge in [-0.15, -0.1) is 6.58 Å². The Morgan fingerprint density at radius 3 is 2.87 bits per heavy atom. The molecule has 23 heavy (non-hydrogen) atoms. The summed E-state index contributed by atoms with van der Waals surface area (Å²) in [5.41, 5.74) is 1.55. The van der Waals surface area contributed by atoms with Crippen molar-refractivity contribution in [3.8, 4) is 5.75 Å². The van der Waals surface area contributed by atoms with Gasteiger partial charge in [0.25, 0.3) is 5.91 Å².